The van der Waals surface area contributed by atoms with Gasteiger partial charge in [-0.3, -0.25) is 4.79 Å². The fourth-order valence-electron chi connectivity index (χ4n) is 4.19. The molecule has 1 aliphatic heterocycles. The molecule has 2 aromatic carbocycles. The van der Waals surface area contributed by atoms with Gasteiger partial charge in [0.1, 0.15) is 5.82 Å². The number of aliphatic hydroxyl groups excluding tert-OH is 1. The lowest BCUT2D eigenvalue weighted by atomic mass is 9.75. The average Bonchev–Trinajstić information content (AvgIpc) is 2.72. The number of hydrogen-bond donors (Lipinski definition) is 1. The van der Waals surface area contributed by atoms with E-state index in [9.17, 15) is 14.3 Å². The van der Waals surface area contributed by atoms with Gasteiger partial charge in [0.05, 0.1) is 17.7 Å². The minimum Gasteiger partial charge on any atom is -0.512 e. The zero-order chi connectivity index (χ0) is 19.5. The van der Waals surface area contributed by atoms with Gasteiger partial charge in [-0.1, -0.05) is 48.5 Å². The van der Waals surface area contributed by atoms with Crippen LogP contribution in [0.2, 0.25) is 0 Å². The van der Waals surface area contributed by atoms with Gasteiger partial charge in [0.25, 0.3) is 0 Å². The third-order valence-electron chi connectivity index (χ3n) is 5.68. The van der Waals surface area contributed by atoms with Crippen molar-refractivity contribution in [2.24, 2.45) is 0 Å². The molecule has 2 aromatic rings. The minimum absolute atomic E-state index is 0.0157. The number of carbonyl (C=O) groups excluding carboxylic acids is 1. The molecule has 1 amide bonds. The van der Waals surface area contributed by atoms with E-state index in [-0.39, 0.29) is 23.7 Å². The second-order valence-corrected chi connectivity index (χ2v) is 7.49. The maximum atomic E-state index is 13.3. The third kappa shape index (κ3) is 3.72. The summed E-state index contributed by atoms with van der Waals surface area (Å²) in [4.78, 5) is 14.9. The maximum absolute atomic E-state index is 13.3. The van der Waals surface area contributed by atoms with Crippen molar-refractivity contribution in [3.8, 4) is 0 Å². The molecule has 2 atom stereocenters. The summed E-state index contributed by atoms with van der Waals surface area (Å²) < 4.78 is 13.3. The van der Waals surface area contributed by atoms with E-state index in [0.29, 0.717) is 18.7 Å². The Morgan fingerprint density at radius 1 is 1.00 bits per heavy atom. The van der Waals surface area contributed by atoms with Crippen molar-refractivity contribution in [1.29, 1.82) is 0 Å². The molecule has 1 unspecified atom stereocenters. The van der Waals surface area contributed by atoms with Crippen LogP contribution in [0.3, 0.4) is 0 Å². The lowest BCUT2D eigenvalue weighted by molar-refractivity contribution is -0.147. The Bertz CT molecular complexity index is 902. The SMILES string of the molecule is O=C1C(c2ccc(F)cc2)[C@@H](C2=CC=C(O)CC2)N1CCCc1ccccc1. The highest BCUT2D eigenvalue weighted by molar-refractivity contribution is 5.92. The van der Waals surface area contributed by atoms with Crippen molar-refractivity contribution >= 4 is 5.91 Å². The van der Waals surface area contributed by atoms with Crippen LogP contribution in [0.5, 0.6) is 0 Å². The molecule has 1 N–H and O–H groups in total. The Labute approximate surface area is 164 Å². The van der Waals surface area contributed by atoms with Gasteiger partial charge < -0.3 is 10.0 Å². The van der Waals surface area contributed by atoms with Gasteiger partial charge in [-0.25, -0.2) is 4.39 Å². The lowest BCUT2D eigenvalue weighted by Gasteiger charge is -2.49. The topological polar surface area (TPSA) is 40.5 Å². The molecular formula is C24H24FNO2. The second kappa shape index (κ2) is 8.01. The molecule has 3 nitrogen and oxygen atoms in total. The summed E-state index contributed by atoms with van der Waals surface area (Å²) in [6.07, 6.45) is 6.84. The van der Waals surface area contributed by atoms with Gasteiger partial charge in [0, 0.05) is 13.0 Å². The molecule has 4 rings (SSSR count). The molecule has 1 fully saturated rings. The molecule has 1 heterocycles. The van der Waals surface area contributed by atoms with Crippen LogP contribution in [0, 0.1) is 5.82 Å². The van der Waals surface area contributed by atoms with Gasteiger partial charge in [-0.2, -0.15) is 0 Å². The zero-order valence-electron chi connectivity index (χ0n) is 15.7. The number of carbonyl (C=O) groups is 1. The summed E-state index contributed by atoms with van der Waals surface area (Å²) >= 11 is 0. The molecule has 2 aliphatic rings. The minimum atomic E-state index is -0.295. The Morgan fingerprint density at radius 2 is 1.75 bits per heavy atom. The lowest BCUT2D eigenvalue weighted by Crippen LogP contribution is -2.60. The number of hydrogen-bond acceptors (Lipinski definition) is 2. The number of rotatable bonds is 6. The van der Waals surface area contributed by atoms with E-state index in [2.05, 4.69) is 12.1 Å². The van der Waals surface area contributed by atoms with E-state index in [1.54, 1.807) is 18.2 Å². The number of aliphatic hydroxyl groups is 1. The molecular weight excluding hydrogens is 353 g/mol. The van der Waals surface area contributed by atoms with Gasteiger partial charge >= 0.3 is 0 Å². The van der Waals surface area contributed by atoms with Crippen molar-refractivity contribution < 1.29 is 14.3 Å². The molecule has 4 heteroatoms. The van der Waals surface area contributed by atoms with Crippen LogP contribution in [-0.2, 0) is 11.2 Å². The summed E-state index contributed by atoms with van der Waals surface area (Å²) in [5.74, 6) is -0.0820. The molecule has 28 heavy (non-hydrogen) atoms. The number of aryl methyl sites for hydroxylation is 1. The van der Waals surface area contributed by atoms with Crippen LogP contribution >= 0.6 is 0 Å². The Hall–Kier alpha value is -2.88. The molecule has 0 saturated carbocycles. The summed E-state index contributed by atoms with van der Waals surface area (Å²) in [6.45, 7) is 0.698. The number of allylic oxidation sites excluding steroid dienone is 3. The monoisotopic (exact) mass is 377 g/mol. The first-order chi connectivity index (χ1) is 13.6. The van der Waals surface area contributed by atoms with Crippen LogP contribution in [0.15, 0.2) is 78.1 Å². The number of halogens is 1. The average molecular weight is 377 g/mol. The highest BCUT2D eigenvalue weighted by Crippen LogP contribution is 2.42. The molecule has 1 saturated heterocycles. The van der Waals surface area contributed by atoms with Gasteiger partial charge in [0.15, 0.2) is 0 Å². The van der Waals surface area contributed by atoms with E-state index in [4.69, 9.17) is 0 Å². The number of amides is 1. The molecule has 0 bridgehead atoms. The number of benzene rings is 2. The first-order valence-electron chi connectivity index (χ1n) is 9.82. The fraction of sp³-hybridized carbons (Fsp3) is 0.292. The van der Waals surface area contributed by atoms with Crippen molar-refractivity contribution in [2.45, 2.75) is 37.6 Å². The second-order valence-electron chi connectivity index (χ2n) is 7.49. The fourth-order valence-corrected chi connectivity index (χ4v) is 4.19. The molecule has 1 aliphatic carbocycles. The highest BCUT2D eigenvalue weighted by Gasteiger charge is 2.49. The van der Waals surface area contributed by atoms with E-state index < -0.39 is 0 Å². The standard InChI is InChI=1S/C24H24FNO2/c25-20-12-8-18(9-13-20)22-23(19-10-14-21(27)15-11-19)26(24(22)28)16-4-7-17-5-2-1-3-6-17/h1-3,5-6,8-10,12-14,22-23,27H,4,7,11,15-16H2/t22?,23-/m1/s1. The zero-order valence-corrected chi connectivity index (χ0v) is 15.7. The number of β-lactam (4-membered cyclic amide) rings is 1. The maximum Gasteiger partial charge on any atom is 0.233 e. The number of nitrogens with zero attached hydrogens (tertiary/aromatic N) is 1. The molecule has 144 valence electrons. The van der Waals surface area contributed by atoms with E-state index in [1.807, 2.05) is 29.2 Å². The van der Waals surface area contributed by atoms with E-state index in [1.165, 1.54) is 17.7 Å². The number of likely N-dealkylation sites (tertiary alicyclic amines) is 1. The van der Waals surface area contributed by atoms with Crippen molar-refractivity contribution in [3.05, 3.63) is 95.0 Å². The van der Waals surface area contributed by atoms with Crippen molar-refractivity contribution in [1.82, 2.24) is 4.90 Å². The van der Waals surface area contributed by atoms with Gasteiger partial charge in [-0.05, 0) is 54.2 Å². The van der Waals surface area contributed by atoms with E-state index in [0.717, 1.165) is 30.4 Å². The van der Waals surface area contributed by atoms with Gasteiger partial charge in [-0.15, -0.1) is 0 Å². The summed E-state index contributed by atoms with van der Waals surface area (Å²) in [5, 5.41) is 9.69. The molecule has 0 aromatic heterocycles. The Balaban J connectivity index is 1.51. The van der Waals surface area contributed by atoms with Crippen LogP contribution in [0.25, 0.3) is 0 Å². The quantitative estimate of drug-likeness (QED) is 0.726. The van der Waals surface area contributed by atoms with Crippen molar-refractivity contribution in [3.63, 3.8) is 0 Å². The van der Waals surface area contributed by atoms with Crippen molar-refractivity contribution in [2.75, 3.05) is 6.54 Å². The predicted molar refractivity (Wildman–Crippen MR) is 107 cm³/mol. The summed E-state index contributed by atoms with van der Waals surface area (Å²) in [5.41, 5.74) is 3.29. The van der Waals surface area contributed by atoms with Crippen LogP contribution in [-0.4, -0.2) is 28.5 Å². The predicted octanol–water partition coefficient (Wildman–Crippen LogP) is 4.92. The smallest absolute Gasteiger partial charge is 0.233 e. The summed E-state index contributed by atoms with van der Waals surface area (Å²) in [6, 6.07) is 16.5. The van der Waals surface area contributed by atoms with Crippen LogP contribution in [0.1, 0.15) is 36.3 Å². The highest BCUT2D eigenvalue weighted by atomic mass is 19.1. The largest absolute Gasteiger partial charge is 0.512 e. The Morgan fingerprint density at radius 3 is 2.43 bits per heavy atom. The molecule has 0 spiro atoms. The summed E-state index contributed by atoms with van der Waals surface area (Å²) in [7, 11) is 0. The van der Waals surface area contributed by atoms with E-state index >= 15 is 0 Å². The van der Waals surface area contributed by atoms with Crippen LogP contribution < -0.4 is 0 Å². The Kier molecular flexibility index (Phi) is 5.29. The molecule has 0 radical (unpaired) electrons. The first kappa shape index (κ1) is 18.5. The van der Waals surface area contributed by atoms with Gasteiger partial charge in [0.2, 0.25) is 5.91 Å². The normalized spacial score (nSPS) is 21.8. The first-order valence-corrected chi connectivity index (χ1v) is 9.82. The third-order valence-corrected chi connectivity index (χ3v) is 5.68. The van der Waals surface area contributed by atoms with Crippen LogP contribution in [0.4, 0.5) is 4.39 Å².